The van der Waals surface area contributed by atoms with Gasteiger partial charge in [0.2, 0.25) is 5.91 Å². The molecule has 2 fully saturated rings. The average molecular weight is 302 g/mol. The highest BCUT2D eigenvalue weighted by Crippen LogP contribution is 2.32. The Morgan fingerprint density at radius 3 is 2.91 bits per heavy atom. The Kier molecular flexibility index (Phi) is 4.67. The Bertz CT molecular complexity index is 528. The van der Waals surface area contributed by atoms with E-state index in [9.17, 15) is 4.79 Å². The van der Waals surface area contributed by atoms with Crippen molar-refractivity contribution >= 4 is 5.91 Å². The Hall–Kier alpha value is -1.55. The van der Waals surface area contributed by atoms with Crippen LogP contribution < -0.4 is 4.74 Å². The molecule has 0 bridgehead atoms. The molecule has 0 N–H and O–H groups in total. The zero-order valence-corrected chi connectivity index (χ0v) is 13.6. The molecule has 1 aliphatic heterocycles. The number of hydrogen-bond donors (Lipinski definition) is 0. The topological polar surface area (TPSA) is 32.8 Å². The van der Waals surface area contributed by atoms with E-state index in [0.29, 0.717) is 17.9 Å². The third kappa shape index (κ3) is 3.61. The number of rotatable bonds is 5. The van der Waals surface area contributed by atoms with Crippen LogP contribution in [0.4, 0.5) is 0 Å². The van der Waals surface area contributed by atoms with Gasteiger partial charge in [-0.25, -0.2) is 0 Å². The predicted molar refractivity (Wildman–Crippen MR) is 86.8 cm³/mol. The van der Waals surface area contributed by atoms with Gasteiger partial charge in [-0.15, -0.1) is 0 Å². The van der Waals surface area contributed by atoms with Crippen LogP contribution >= 0.6 is 0 Å². The Morgan fingerprint density at radius 2 is 2.18 bits per heavy atom. The maximum Gasteiger partial charge on any atom is 0.225 e. The molecule has 1 aromatic carbocycles. The smallest absolute Gasteiger partial charge is 0.225 e. The molecule has 2 aliphatic rings. The molecule has 120 valence electrons. The minimum atomic E-state index is 0.318. The van der Waals surface area contributed by atoms with Gasteiger partial charge in [0.25, 0.3) is 0 Å². The van der Waals surface area contributed by atoms with Crippen LogP contribution in [0, 0.1) is 5.92 Å². The van der Waals surface area contributed by atoms with E-state index in [-0.39, 0.29) is 0 Å². The van der Waals surface area contributed by atoms with Crippen LogP contribution in [0.1, 0.15) is 31.2 Å². The molecule has 1 saturated carbocycles. The zero-order valence-electron chi connectivity index (χ0n) is 13.6. The average Bonchev–Trinajstić information content (AvgIpc) is 3.39. The van der Waals surface area contributed by atoms with Gasteiger partial charge in [0.1, 0.15) is 5.75 Å². The van der Waals surface area contributed by atoms with Crippen LogP contribution in [-0.4, -0.2) is 49.0 Å². The van der Waals surface area contributed by atoms with Gasteiger partial charge in [0, 0.05) is 32.1 Å². The quantitative estimate of drug-likeness (QED) is 0.838. The van der Waals surface area contributed by atoms with Crippen LogP contribution in [0.5, 0.6) is 5.75 Å². The fourth-order valence-corrected chi connectivity index (χ4v) is 3.32. The predicted octanol–water partition coefficient (Wildman–Crippen LogP) is 2.53. The summed E-state index contributed by atoms with van der Waals surface area (Å²) < 4.78 is 5.30. The molecule has 1 aromatic rings. The highest BCUT2D eigenvalue weighted by molar-refractivity contribution is 5.81. The molecule has 1 aliphatic carbocycles. The Morgan fingerprint density at radius 1 is 1.36 bits per heavy atom. The first-order valence-electron chi connectivity index (χ1n) is 8.29. The molecule has 1 saturated heterocycles. The summed E-state index contributed by atoms with van der Waals surface area (Å²) in [5.41, 5.74) is 1.27. The highest BCUT2D eigenvalue weighted by Gasteiger charge is 2.35. The maximum atomic E-state index is 12.2. The van der Waals surface area contributed by atoms with Gasteiger partial charge in [-0.3, -0.25) is 9.69 Å². The van der Waals surface area contributed by atoms with E-state index >= 15 is 0 Å². The lowest BCUT2D eigenvalue weighted by atomic mass is 10.0. The number of ether oxygens (including phenoxy) is 1. The monoisotopic (exact) mass is 302 g/mol. The SMILES string of the molecule is COc1cccc(CN2CCCC(N(C)C(=O)C3CC3)C2)c1. The standard InChI is InChI=1S/C18H26N2O2/c1-19(18(21)15-8-9-15)16-6-4-10-20(13-16)12-14-5-3-7-17(11-14)22-2/h3,5,7,11,15-16H,4,6,8-10,12-13H2,1-2H3. The molecular formula is C18H26N2O2. The largest absolute Gasteiger partial charge is 0.497 e. The highest BCUT2D eigenvalue weighted by atomic mass is 16.5. The third-order valence-corrected chi connectivity index (χ3v) is 4.84. The summed E-state index contributed by atoms with van der Waals surface area (Å²) in [6, 6.07) is 8.63. The molecule has 1 heterocycles. The lowest BCUT2D eigenvalue weighted by Crippen LogP contribution is -2.48. The fraction of sp³-hybridized carbons (Fsp3) is 0.611. The molecule has 1 amide bonds. The summed E-state index contributed by atoms with van der Waals surface area (Å²) in [6.45, 7) is 3.02. The number of likely N-dealkylation sites (tertiary alicyclic amines) is 1. The molecule has 0 radical (unpaired) electrons. The van der Waals surface area contributed by atoms with Gasteiger partial charge in [-0.2, -0.15) is 0 Å². The van der Waals surface area contributed by atoms with Gasteiger partial charge >= 0.3 is 0 Å². The van der Waals surface area contributed by atoms with Crippen molar-refractivity contribution in [1.29, 1.82) is 0 Å². The van der Waals surface area contributed by atoms with Crippen molar-refractivity contribution in [2.75, 3.05) is 27.2 Å². The zero-order chi connectivity index (χ0) is 15.5. The van der Waals surface area contributed by atoms with Crippen molar-refractivity contribution in [2.45, 2.75) is 38.3 Å². The number of hydrogen-bond acceptors (Lipinski definition) is 3. The molecule has 0 aromatic heterocycles. The van der Waals surface area contributed by atoms with Gasteiger partial charge in [0.15, 0.2) is 0 Å². The van der Waals surface area contributed by atoms with Gasteiger partial charge in [-0.1, -0.05) is 12.1 Å². The molecule has 4 heteroatoms. The Labute approximate surface area is 133 Å². The molecular weight excluding hydrogens is 276 g/mol. The molecule has 22 heavy (non-hydrogen) atoms. The van der Waals surface area contributed by atoms with Crippen molar-refractivity contribution in [3.05, 3.63) is 29.8 Å². The molecule has 4 nitrogen and oxygen atoms in total. The molecule has 1 unspecified atom stereocenters. The molecule has 3 rings (SSSR count). The fourth-order valence-electron chi connectivity index (χ4n) is 3.32. The summed E-state index contributed by atoms with van der Waals surface area (Å²) in [7, 11) is 3.69. The first-order valence-corrected chi connectivity index (χ1v) is 8.29. The summed E-state index contributed by atoms with van der Waals surface area (Å²) in [5.74, 6) is 1.58. The lowest BCUT2D eigenvalue weighted by Gasteiger charge is -2.37. The van der Waals surface area contributed by atoms with E-state index in [2.05, 4.69) is 17.0 Å². The van der Waals surface area contributed by atoms with Crippen molar-refractivity contribution in [3.63, 3.8) is 0 Å². The van der Waals surface area contributed by atoms with Crippen LogP contribution in [0.3, 0.4) is 0 Å². The van der Waals surface area contributed by atoms with E-state index < -0.39 is 0 Å². The second-order valence-electron chi connectivity index (χ2n) is 6.61. The number of benzene rings is 1. The summed E-state index contributed by atoms with van der Waals surface area (Å²) in [6.07, 6.45) is 4.47. The summed E-state index contributed by atoms with van der Waals surface area (Å²) >= 11 is 0. The second-order valence-corrected chi connectivity index (χ2v) is 6.61. The van der Waals surface area contributed by atoms with E-state index in [1.807, 2.05) is 24.1 Å². The minimum absolute atomic E-state index is 0.318. The number of likely N-dealkylation sites (N-methyl/N-ethyl adjacent to an activating group) is 1. The normalized spacial score (nSPS) is 22.4. The van der Waals surface area contributed by atoms with Crippen LogP contribution in [0.25, 0.3) is 0 Å². The van der Waals surface area contributed by atoms with E-state index in [4.69, 9.17) is 4.74 Å². The van der Waals surface area contributed by atoms with Gasteiger partial charge in [0.05, 0.1) is 7.11 Å². The van der Waals surface area contributed by atoms with E-state index in [1.54, 1.807) is 7.11 Å². The van der Waals surface area contributed by atoms with Crippen LogP contribution in [0.2, 0.25) is 0 Å². The Balaban J connectivity index is 1.58. The van der Waals surface area contributed by atoms with Crippen molar-refractivity contribution in [2.24, 2.45) is 5.92 Å². The number of carbonyl (C=O) groups excluding carboxylic acids is 1. The van der Waals surface area contributed by atoms with Gasteiger partial charge in [-0.05, 0) is 49.9 Å². The minimum Gasteiger partial charge on any atom is -0.497 e. The van der Waals surface area contributed by atoms with E-state index in [0.717, 1.165) is 51.1 Å². The first-order chi connectivity index (χ1) is 10.7. The van der Waals surface area contributed by atoms with Crippen molar-refractivity contribution < 1.29 is 9.53 Å². The van der Waals surface area contributed by atoms with Crippen molar-refractivity contribution in [1.82, 2.24) is 9.80 Å². The number of nitrogens with zero attached hydrogens (tertiary/aromatic N) is 2. The van der Waals surface area contributed by atoms with Gasteiger partial charge < -0.3 is 9.64 Å². The maximum absolute atomic E-state index is 12.2. The number of piperidine rings is 1. The second kappa shape index (κ2) is 6.69. The van der Waals surface area contributed by atoms with Crippen LogP contribution in [0.15, 0.2) is 24.3 Å². The number of carbonyl (C=O) groups is 1. The van der Waals surface area contributed by atoms with E-state index in [1.165, 1.54) is 5.56 Å². The molecule has 1 atom stereocenters. The first kappa shape index (κ1) is 15.3. The number of methoxy groups -OCH3 is 1. The molecule has 0 spiro atoms. The summed E-state index contributed by atoms with van der Waals surface area (Å²) in [4.78, 5) is 16.7. The third-order valence-electron chi connectivity index (χ3n) is 4.84. The number of amides is 1. The summed E-state index contributed by atoms with van der Waals surface area (Å²) in [5, 5.41) is 0. The van der Waals surface area contributed by atoms with Crippen molar-refractivity contribution in [3.8, 4) is 5.75 Å². The van der Waals surface area contributed by atoms with Crippen LogP contribution in [-0.2, 0) is 11.3 Å². The lowest BCUT2D eigenvalue weighted by molar-refractivity contribution is -0.134.